The number of anilines is 1. The lowest BCUT2D eigenvalue weighted by atomic mass is 10.1. The molecule has 1 saturated heterocycles. The molecule has 1 aliphatic heterocycles. The predicted molar refractivity (Wildman–Crippen MR) is 135 cm³/mol. The first-order chi connectivity index (χ1) is 16.4. The average Bonchev–Trinajstić information content (AvgIpc) is 2.81. The van der Waals surface area contributed by atoms with Crippen LogP contribution in [0, 0.1) is 6.92 Å². The molecular weight excluding hydrogens is 468 g/mol. The van der Waals surface area contributed by atoms with Crippen molar-refractivity contribution >= 4 is 27.8 Å². The van der Waals surface area contributed by atoms with Crippen molar-refractivity contribution in [1.29, 1.82) is 0 Å². The lowest BCUT2D eigenvalue weighted by molar-refractivity contribution is 0.0217. The number of amides is 1. The predicted octanol–water partition coefficient (Wildman–Crippen LogP) is 4.52. The molecule has 0 N–H and O–H groups in total. The van der Waals surface area contributed by atoms with Crippen molar-refractivity contribution in [3.05, 3.63) is 65.2 Å². The van der Waals surface area contributed by atoms with Gasteiger partial charge in [-0.1, -0.05) is 24.3 Å². The van der Waals surface area contributed by atoms with Gasteiger partial charge in [-0.15, -0.1) is 0 Å². The lowest BCUT2D eigenvalue weighted by Crippen LogP contribution is -2.48. The fourth-order valence-corrected chi connectivity index (χ4v) is 5.89. The van der Waals surface area contributed by atoms with Gasteiger partial charge in [0.25, 0.3) is 0 Å². The number of hydrogen-bond donors (Lipinski definition) is 0. The highest BCUT2D eigenvalue weighted by Gasteiger charge is 2.37. The Kier molecular flexibility index (Phi) is 8.10. The second-order valence-electron chi connectivity index (χ2n) is 9.75. The highest BCUT2D eigenvalue weighted by atomic mass is 32.2. The average molecular weight is 503 g/mol. The van der Waals surface area contributed by atoms with Crippen molar-refractivity contribution in [3.63, 3.8) is 0 Å². The summed E-state index contributed by atoms with van der Waals surface area (Å²) in [6, 6.07) is 14.1. The Hall–Kier alpha value is -3.07. The normalized spacial score (nSPS) is 14.9. The molecule has 3 rings (SSSR count). The van der Waals surface area contributed by atoms with E-state index in [-0.39, 0.29) is 6.54 Å². The van der Waals surface area contributed by atoms with E-state index in [0.29, 0.717) is 37.2 Å². The Bertz CT molecular complexity index is 1150. The number of carbonyl (C=O) groups excluding carboxylic acids is 2. The van der Waals surface area contributed by atoms with Crippen LogP contribution in [0.5, 0.6) is 0 Å². The van der Waals surface area contributed by atoms with Gasteiger partial charge < -0.3 is 14.4 Å². The van der Waals surface area contributed by atoms with E-state index in [1.165, 1.54) is 11.4 Å². The molecule has 1 aliphatic rings. The summed E-state index contributed by atoms with van der Waals surface area (Å²) in [5.74, 6) is -0.448. The molecule has 190 valence electrons. The van der Waals surface area contributed by atoms with Gasteiger partial charge in [-0.3, -0.25) is 4.31 Å². The van der Waals surface area contributed by atoms with E-state index in [2.05, 4.69) is 0 Å². The van der Waals surface area contributed by atoms with Gasteiger partial charge in [0.1, 0.15) is 5.60 Å². The zero-order valence-electron chi connectivity index (χ0n) is 21.0. The maximum Gasteiger partial charge on any atom is 0.410 e. The van der Waals surface area contributed by atoms with E-state index in [1.54, 1.807) is 56.0 Å². The fourth-order valence-electron chi connectivity index (χ4n) is 3.98. The number of hydrogen-bond acceptors (Lipinski definition) is 6. The first kappa shape index (κ1) is 26.5. The van der Waals surface area contributed by atoms with E-state index < -0.39 is 32.9 Å². The Balaban J connectivity index is 1.82. The van der Waals surface area contributed by atoms with Crippen LogP contribution in [-0.2, 0) is 26.0 Å². The van der Waals surface area contributed by atoms with Gasteiger partial charge in [-0.25, -0.2) is 18.0 Å². The zero-order chi connectivity index (χ0) is 25.8. The maximum absolute atomic E-state index is 13.8. The Morgan fingerprint density at radius 1 is 1.06 bits per heavy atom. The lowest BCUT2D eigenvalue weighted by Gasteiger charge is -2.36. The van der Waals surface area contributed by atoms with E-state index in [9.17, 15) is 18.0 Å². The number of esters is 1. The molecule has 0 aliphatic carbocycles. The minimum absolute atomic E-state index is 0.125. The van der Waals surface area contributed by atoms with Crippen LogP contribution in [0.4, 0.5) is 10.5 Å². The van der Waals surface area contributed by atoms with Crippen molar-refractivity contribution in [2.75, 3.05) is 24.5 Å². The van der Waals surface area contributed by atoms with Crippen molar-refractivity contribution in [3.8, 4) is 0 Å². The number of aryl methyl sites for hydroxylation is 1. The molecule has 9 heteroatoms. The summed E-state index contributed by atoms with van der Waals surface area (Å²) in [6.07, 6.45) is 0.227. The van der Waals surface area contributed by atoms with E-state index >= 15 is 0 Å². The number of ether oxygens (including phenoxy) is 2. The van der Waals surface area contributed by atoms with Gasteiger partial charge in [0.2, 0.25) is 10.0 Å². The second kappa shape index (κ2) is 10.7. The zero-order valence-corrected chi connectivity index (χ0v) is 21.8. The number of methoxy groups -OCH3 is 1. The largest absolute Gasteiger partial charge is 0.465 e. The van der Waals surface area contributed by atoms with Gasteiger partial charge in [0, 0.05) is 13.1 Å². The van der Waals surface area contributed by atoms with Crippen molar-refractivity contribution < 1.29 is 27.5 Å². The van der Waals surface area contributed by atoms with Crippen LogP contribution >= 0.6 is 0 Å². The molecule has 0 bridgehead atoms. The number of carbonyl (C=O) groups is 2. The van der Waals surface area contributed by atoms with Crippen LogP contribution in [0.2, 0.25) is 0 Å². The molecule has 0 unspecified atom stereocenters. The van der Waals surface area contributed by atoms with Gasteiger partial charge in [-0.05, 0) is 75.9 Å². The quantitative estimate of drug-likeness (QED) is 0.540. The molecule has 1 fully saturated rings. The minimum Gasteiger partial charge on any atom is -0.465 e. The summed E-state index contributed by atoms with van der Waals surface area (Å²) in [5.41, 5.74) is 2.07. The smallest absolute Gasteiger partial charge is 0.410 e. The molecule has 8 nitrogen and oxygen atoms in total. The van der Waals surface area contributed by atoms with E-state index in [0.717, 1.165) is 11.1 Å². The van der Waals surface area contributed by atoms with Crippen LogP contribution in [0.15, 0.2) is 48.5 Å². The van der Waals surface area contributed by atoms with E-state index in [4.69, 9.17) is 9.47 Å². The van der Waals surface area contributed by atoms with Crippen LogP contribution in [0.25, 0.3) is 0 Å². The molecule has 2 aromatic carbocycles. The molecule has 0 saturated carbocycles. The molecule has 2 aromatic rings. The highest BCUT2D eigenvalue weighted by molar-refractivity contribution is 7.93. The van der Waals surface area contributed by atoms with Crippen molar-refractivity contribution in [2.45, 2.75) is 57.9 Å². The third-order valence-electron chi connectivity index (χ3n) is 5.81. The molecule has 0 spiro atoms. The summed E-state index contributed by atoms with van der Waals surface area (Å²) in [6.45, 7) is 8.08. The third kappa shape index (κ3) is 6.75. The monoisotopic (exact) mass is 502 g/mol. The summed E-state index contributed by atoms with van der Waals surface area (Å²) < 4.78 is 39.3. The molecule has 0 aromatic heterocycles. The molecule has 1 amide bonds. The number of sulfonamides is 1. The van der Waals surface area contributed by atoms with Gasteiger partial charge in [-0.2, -0.15) is 0 Å². The second-order valence-corrected chi connectivity index (χ2v) is 11.9. The minimum atomic E-state index is -3.74. The van der Waals surface area contributed by atoms with Gasteiger partial charge >= 0.3 is 12.1 Å². The maximum atomic E-state index is 13.8. The standard InChI is InChI=1S/C26H34N2O6S/c1-19-7-6-8-22(17-19)28(18-20-9-11-21(12-10-20)24(29)33-5)35(31,32)23-13-15-27(16-14-23)25(30)34-26(2,3)4/h6-12,17,23H,13-16,18H2,1-5H3. The van der Waals surface area contributed by atoms with Crippen LogP contribution in [0.1, 0.15) is 55.1 Å². The molecule has 1 heterocycles. The van der Waals surface area contributed by atoms with Crippen LogP contribution in [0.3, 0.4) is 0 Å². The Labute approximate surface area is 207 Å². The van der Waals surface area contributed by atoms with E-state index in [1.807, 2.05) is 25.1 Å². The summed E-state index contributed by atoms with van der Waals surface area (Å²) in [4.78, 5) is 25.7. The van der Waals surface area contributed by atoms with Gasteiger partial charge in [0.05, 0.1) is 30.2 Å². The number of nitrogens with zero attached hydrogens (tertiary/aromatic N) is 2. The first-order valence-corrected chi connectivity index (χ1v) is 13.1. The SMILES string of the molecule is COC(=O)c1ccc(CN(c2cccc(C)c2)S(=O)(=O)C2CCN(C(=O)OC(C)(C)C)CC2)cc1. The number of likely N-dealkylation sites (tertiary alicyclic amines) is 1. The summed E-state index contributed by atoms with van der Waals surface area (Å²) >= 11 is 0. The summed E-state index contributed by atoms with van der Waals surface area (Å²) in [7, 11) is -2.43. The molecule has 0 atom stereocenters. The number of piperidine rings is 1. The fraction of sp³-hybridized carbons (Fsp3) is 0.462. The van der Waals surface area contributed by atoms with Crippen LogP contribution < -0.4 is 4.31 Å². The van der Waals surface area contributed by atoms with Crippen LogP contribution in [-0.4, -0.2) is 56.4 Å². The summed E-state index contributed by atoms with van der Waals surface area (Å²) in [5, 5.41) is -0.629. The molecule has 0 radical (unpaired) electrons. The molecular formula is C26H34N2O6S. The molecule has 35 heavy (non-hydrogen) atoms. The highest BCUT2D eigenvalue weighted by Crippen LogP contribution is 2.29. The number of rotatable bonds is 6. The van der Waals surface area contributed by atoms with Crippen molar-refractivity contribution in [2.24, 2.45) is 0 Å². The van der Waals surface area contributed by atoms with Crippen molar-refractivity contribution in [1.82, 2.24) is 4.90 Å². The first-order valence-electron chi connectivity index (χ1n) is 11.6. The topological polar surface area (TPSA) is 93.2 Å². The third-order valence-corrected chi connectivity index (χ3v) is 8.08. The Morgan fingerprint density at radius 2 is 1.69 bits per heavy atom. The Morgan fingerprint density at radius 3 is 2.23 bits per heavy atom. The number of benzene rings is 2. The van der Waals surface area contributed by atoms with Gasteiger partial charge in [0.15, 0.2) is 0 Å².